The molecule has 0 aromatic rings. The predicted molar refractivity (Wildman–Crippen MR) is 57.6 cm³/mol. The van der Waals surface area contributed by atoms with E-state index in [1.165, 1.54) is 6.92 Å². The molecule has 0 saturated carbocycles. The van der Waals surface area contributed by atoms with E-state index in [9.17, 15) is 14.7 Å². The highest BCUT2D eigenvalue weighted by atomic mass is 16.5. The Morgan fingerprint density at radius 2 is 2.06 bits per heavy atom. The number of aliphatic hydroxyl groups is 1. The van der Waals surface area contributed by atoms with E-state index < -0.39 is 18.0 Å². The van der Waals surface area contributed by atoms with Gasteiger partial charge in [-0.3, -0.25) is 0 Å². The van der Waals surface area contributed by atoms with Gasteiger partial charge in [-0.25, -0.2) is 9.59 Å². The van der Waals surface area contributed by atoms with E-state index in [0.717, 1.165) is 6.08 Å². The van der Waals surface area contributed by atoms with Gasteiger partial charge in [-0.1, -0.05) is 13.2 Å². The van der Waals surface area contributed by atoms with Gasteiger partial charge in [0.15, 0.2) is 0 Å². The van der Waals surface area contributed by atoms with Crippen LogP contribution in [0.1, 0.15) is 13.3 Å². The molecule has 1 unspecified atom stereocenters. The summed E-state index contributed by atoms with van der Waals surface area (Å²) in [5, 5.41) is 9.34. The Morgan fingerprint density at radius 1 is 1.44 bits per heavy atom. The molecule has 0 amide bonds. The minimum absolute atomic E-state index is 0.0522. The molecule has 0 aromatic carbocycles. The topological polar surface area (TPSA) is 72.8 Å². The summed E-state index contributed by atoms with van der Waals surface area (Å²) in [6, 6.07) is 0. The van der Waals surface area contributed by atoms with E-state index in [-0.39, 0.29) is 25.2 Å². The minimum Gasteiger partial charge on any atom is -0.462 e. The first-order valence-corrected chi connectivity index (χ1v) is 4.77. The molecule has 5 heteroatoms. The first-order chi connectivity index (χ1) is 7.47. The highest BCUT2D eigenvalue weighted by Crippen LogP contribution is 1.98. The van der Waals surface area contributed by atoms with Crippen LogP contribution < -0.4 is 0 Å². The third kappa shape index (κ3) is 6.78. The Bertz CT molecular complexity index is 282. The highest BCUT2D eigenvalue weighted by molar-refractivity contribution is 5.86. The SMILES string of the molecule is C=CC(=O)OCCC(O)COC(=O)C(=C)C. The Balaban J connectivity index is 3.63. The second kappa shape index (κ2) is 7.64. The lowest BCUT2D eigenvalue weighted by molar-refractivity contribution is -0.144. The van der Waals surface area contributed by atoms with Crippen molar-refractivity contribution in [1.82, 2.24) is 0 Å². The summed E-state index contributed by atoms with van der Waals surface area (Å²) < 4.78 is 9.34. The van der Waals surface area contributed by atoms with Crippen LogP contribution in [0.25, 0.3) is 0 Å². The fourth-order valence-electron chi connectivity index (χ4n) is 0.733. The Hall–Kier alpha value is -1.62. The van der Waals surface area contributed by atoms with E-state index in [4.69, 9.17) is 4.74 Å². The smallest absolute Gasteiger partial charge is 0.333 e. The second-order valence-corrected chi connectivity index (χ2v) is 3.19. The van der Waals surface area contributed by atoms with Crippen molar-refractivity contribution in [2.75, 3.05) is 13.2 Å². The maximum Gasteiger partial charge on any atom is 0.333 e. The average molecular weight is 228 g/mol. The maximum atomic E-state index is 10.9. The third-order valence-corrected chi connectivity index (χ3v) is 1.62. The van der Waals surface area contributed by atoms with Gasteiger partial charge in [0.1, 0.15) is 6.61 Å². The number of rotatable bonds is 7. The van der Waals surface area contributed by atoms with Crippen LogP contribution in [0.15, 0.2) is 24.8 Å². The van der Waals surface area contributed by atoms with Crippen LogP contribution in [-0.2, 0) is 19.1 Å². The van der Waals surface area contributed by atoms with E-state index in [1.54, 1.807) is 0 Å². The molecule has 0 bridgehead atoms. The molecule has 5 nitrogen and oxygen atoms in total. The molecule has 16 heavy (non-hydrogen) atoms. The lowest BCUT2D eigenvalue weighted by Gasteiger charge is -2.10. The van der Waals surface area contributed by atoms with E-state index >= 15 is 0 Å². The van der Waals surface area contributed by atoms with Gasteiger partial charge in [-0.05, 0) is 6.92 Å². The van der Waals surface area contributed by atoms with Gasteiger partial charge < -0.3 is 14.6 Å². The fraction of sp³-hybridized carbons (Fsp3) is 0.455. The normalized spacial score (nSPS) is 11.4. The van der Waals surface area contributed by atoms with Gasteiger partial charge >= 0.3 is 11.9 Å². The summed E-state index contributed by atoms with van der Waals surface area (Å²) in [5.74, 6) is -1.10. The lowest BCUT2D eigenvalue weighted by atomic mass is 10.3. The molecule has 0 radical (unpaired) electrons. The zero-order valence-electron chi connectivity index (χ0n) is 9.27. The Morgan fingerprint density at radius 3 is 2.56 bits per heavy atom. The molecule has 90 valence electrons. The number of carbonyl (C=O) groups is 2. The van der Waals surface area contributed by atoms with Crippen LogP contribution in [-0.4, -0.2) is 36.4 Å². The molecule has 0 fully saturated rings. The molecule has 0 aliphatic carbocycles. The van der Waals surface area contributed by atoms with Crippen LogP contribution >= 0.6 is 0 Å². The molecule has 1 atom stereocenters. The number of aliphatic hydroxyl groups excluding tert-OH is 1. The number of hydrogen-bond donors (Lipinski definition) is 1. The molecule has 0 aromatic heterocycles. The minimum atomic E-state index is -0.860. The summed E-state index contributed by atoms with van der Waals surface area (Å²) >= 11 is 0. The van der Waals surface area contributed by atoms with Crippen molar-refractivity contribution in [3.63, 3.8) is 0 Å². The predicted octanol–water partition coefficient (Wildman–Crippen LogP) is 0.586. The van der Waals surface area contributed by atoms with Crippen molar-refractivity contribution in [3.8, 4) is 0 Å². The Kier molecular flexibility index (Phi) is 6.87. The molecule has 1 N–H and O–H groups in total. The second-order valence-electron chi connectivity index (χ2n) is 3.19. The highest BCUT2D eigenvalue weighted by Gasteiger charge is 2.09. The van der Waals surface area contributed by atoms with Crippen molar-refractivity contribution in [2.24, 2.45) is 0 Å². The van der Waals surface area contributed by atoms with E-state index in [0.29, 0.717) is 0 Å². The molecule has 0 spiro atoms. The third-order valence-electron chi connectivity index (χ3n) is 1.62. The molecular formula is C11H16O5. The molecule has 0 rings (SSSR count). The number of ether oxygens (including phenoxy) is 2. The van der Waals surface area contributed by atoms with Crippen molar-refractivity contribution >= 4 is 11.9 Å². The van der Waals surface area contributed by atoms with Gasteiger partial charge in [0.25, 0.3) is 0 Å². The van der Waals surface area contributed by atoms with Gasteiger partial charge in [-0.2, -0.15) is 0 Å². The van der Waals surface area contributed by atoms with Gasteiger partial charge in [-0.15, -0.1) is 0 Å². The van der Waals surface area contributed by atoms with Crippen LogP contribution in [0.4, 0.5) is 0 Å². The zero-order chi connectivity index (χ0) is 12.6. The van der Waals surface area contributed by atoms with E-state index in [1.807, 2.05) is 0 Å². The van der Waals surface area contributed by atoms with E-state index in [2.05, 4.69) is 17.9 Å². The average Bonchev–Trinajstić information content (AvgIpc) is 2.25. The van der Waals surface area contributed by atoms with Crippen molar-refractivity contribution < 1.29 is 24.2 Å². The summed E-state index contributed by atoms with van der Waals surface area (Å²) in [7, 11) is 0. The Labute approximate surface area is 94.4 Å². The number of hydrogen-bond acceptors (Lipinski definition) is 5. The van der Waals surface area contributed by atoms with Gasteiger partial charge in [0.05, 0.1) is 12.7 Å². The van der Waals surface area contributed by atoms with Crippen LogP contribution in [0.3, 0.4) is 0 Å². The molecule has 0 aliphatic heterocycles. The van der Waals surface area contributed by atoms with Crippen molar-refractivity contribution in [2.45, 2.75) is 19.4 Å². The quantitative estimate of drug-likeness (QED) is 0.510. The number of carbonyl (C=O) groups excluding carboxylic acids is 2. The number of esters is 2. The lowest BCUT2D eigenvalue weighted by Crippen LogP contribution is -2.21. The summed E-state index contributed by atoms with van der Waals surface area (Å²) in [5.41, 5.74) is 0.269. The first-order valence-electron chi connectivity index (χ1n) is 4.77. The fourth-order valence-corrected chi connectivity index (χ4v) is 0.733. The molecule has 0 saturated heterocycles. The van der Waals surface area contributed by atoms with Gasteiger partial charge in [0.2, 0.25) is 0 Å². The standard InChI is InChI=1S/C11H16O5/c1-4-10(13)15-6-5-9(12)7-16-11(14)8(2)3/h4,9,12H,1-2,5-7H2,3H3. The van der Waals surface area contributed by atoms with Gasteiger partial charge in [0, 0.05) is 18.1 Å². The zero-order valence-corrected chi connectivity index (χ0v) is 9.27. The monoisotopic (exact) mass is 228 g/mol. The van der Waals surface area contributed by atoms with Crippen LogP contribution in [0, 0.1) is 0 Å². The maximum absolute atomic E-state index is 10.9. The van der Waals surface area contributed by atoms with Crippen molar-refractivity contribution in [1.29, 1.82) is 0 Å². The summed E-state index contributed by atoms with van der Waals surface area (Å²) in [4.78, 5) is 21.6. The largest absolute Gasteiger partial charge is 0.462 e. The summed E-state index contributed by atoms with van der Waals surface area (Å²) in [6.45, 7) is 8.04. The molecule has 0 heterocycles. The van der Waals surface area contributed by atoms with Crippen LogP contribution in [0.2, 0.25) is 0 Å². The molecular weight excluding hydrogens is 212 g/mol. The first kappa shape index (κ1) is 14.4. The summed E-state index contributed by atoms with van der Waals surface area (Å²) in [6.07, 6.45) is 0.372. The van der Waals surface area contributed by atoms with Crippen LogP contribution in [0.5, 0.6) is 0 Å². The van der Waals surface area contributed by atoms with Crippen molar-refractivity contribution in [3.05, 3.63) is 24.8 Å². The molecule has 0 aliphatic rings.